The van der Waals surface area contributed by atoms with Gasteiger partial charge in [-0.15, -0.1) is 0 Å². The number of rotatable bonds is 8. The summed E-state index contributed by atoms with van der Waals surface area (Å²) in [5.41, 5.74) is 7.01. The standard InChI is InChI=1S/C48H62O11.2CH4O/c1-9-29-34-22-36(44(52-6)26-42(34)50)31(11-3)40-24-38-32(12-4)39-23-37(30(10-2)33-21-35(29)43(51-5)25-41(33)49)45(53-7)27-47(39)58-19-17-56-15-13-55-14-16-57-18-20-59-48(40)28-46(38)54-8;2*1-2/h21-32,49-50H,9-20H2,1-8H3;2*2H,1H3/t29-,30-,31+,32+;;/m1../s1. The Labute approximate surface area is 373 Å². The number of fused-ring (bicyclic) bond motifs is 9. The van der Waals surface area contributed by atoms with E-state index in [0.29, 0.717) is 113 Å². The Morgan fingerprint density at radius 3 is 0.921 bits per heavy atom. The fourth-order valence-corrected chi connectivity index (χ4v) is 8.94. The number of aromatic hydroxyl groups is 2. The largest absolute Gasteiger partial charge is 0.508 e. The predicted molar refractivity (Wildman–Crippen MR) is 244 cm³/mol. The van der Waals surface area contributed by atoms with Crippen molar-refractivity contribution in [2.45, 2.75) is 77.0 Å². The lowest BCUT2D eigenvalue weighted by Gasteiger charge is -2.30. The molecule has 0 amide bonds. The van der Waals surface area contributed by atoms with Gasteiger partial charge in [-0.1, -0.05) is 27.7 Å². The van der Waals surface area contributed by atoms with Gasteiger partial charge in [-0.25, -0.2) is 0 Å². The Morgan fingerprint density at radius 2 is 0.635 bits per heavy atom. The van der Waals surface area contributed by atoms with Crippen LogP contribution in [0.5, 0.6) is 46.0 Å². The summed E-state index contributed by atoms with van der Waals surface area (Å²) in [6.45, 7) is 11.6. The Balaban J connectivity index is 0.00000212. The number of ether oxygens (including phenoxy) is 9. The minimum atomic E-state index is -0.299. The summed E-state index contributed by atoms with van der Waals surface area (Å²) >= 11 is 0. The first-order chi connectivity index (χ1) is 30.8. The number of hydrogen-bond donors (Lipinski definition) is 4. The first kappa shape index (κ1) is 50.7. The lowest BCUT2D eigenvalue weighted by atomic mass is 9.77. The number of benzene rings is 4. The molecule has 13 nitrogen and oxygen atoms in total. The summed E-state index contributed by atoms with van der Waals surface area (Å²) in [6.07, 6.45) is 2.69. The Morgan fingerprint density at radius 1 is 0.381 bits per heavy atom. The van der Waals surface area contributed by atoms with Gasteiger partial charge in [0.05, 0.1) is 68.1 Å². The maximum Gasteiger partial charge on any atom is 0.126 e. The highest BCUT2D eigenvalue weighted by Crippen LogP contribution is 2.52. The Hall–Kier alpha value is -4.92. The lowest BCUT2D eigenvalue weighted by molar-refractivity contribution is 0.00485. The molecule has 348 valence electrons. The molecule has 4 N–H and O–H groups in total. The SMILES string of the molecule is CC[C@H]1c2cc(c(O)cc2OC)[C@@H](CC)c2cc(c(O)cc2OC)[C@@H](CC)c2cc3c(cc2OC)OCCOCCOCCOCCOc2cc(OC)c(cc21)[C@@H]3CC.CO.CO. The molecule has 0 saturated carbocycles. The minimum Gasteiger partial charge on any atom is -0.508 e. The average molecular weight is 879 g/mol. The molecule has 4 atom stereocenters. The summed E-state index contributed by atoms with van der Waals surface area (Å²) < 4.78 is 55.1. The summed E-state index contributed by atoms with van der Waals surface area (Å²) in [7, 11) is 8.59. The maximum atomic E-state index is 11.8. The van der Waals surface area contributed by atoms with Gasteiger partial charge >= 0.3 is 0 Å². The van der Waals surface area contributed by atoms with Crippen LogP contribution in [-0.4, -0.2) is 116 Å². The molecule has 1 aliphatic heterocycles. The van der Waals surface area contributed by atoms with Gasteiger partial charge in [-0.2, -0.15) is 0 Å². The first-order valence-electron chi connectivity index (χ1n) is 21.9. The quantitative estimate of drug-likeness (QED) is 0.133. The lowest BCUT2D eigenvalue weighted by Crippen LogP contribution is -2.17. The predicted octanol–water partition coefficient (Wildman–Crippen LogP) is 8.65. The number of phenols is 2. The van der Waals surface area contributed by atoms with Crippen LogP contribution in [0.1, 0.15) is 122 Å². The molecule has 9 bridgehead atoms. The van der Waals surface area contributed by atoms with Crippen LogP contribution >= 0.6 is 0 Å². The molecule has 0 fully saturated rings. The molecule has 4 aromatic rings. The van der Waals surface area contributed by atoms with Gasteiger partial charge in [0.1, 0.15) is 59.2 Å². The van der Waals surface area contributed by atoms with Crippen molar-refractivity contribution in [2.75, 3.05) is 95.5 Å². The normalized spacial score (nSPS) is 19.0. The first-order valence-corrected chi connectivity index (χ1v) is 21.9. The third-order valence-electron chi connectivity index (χ3n) is 11.8. The molecule has 13 heteroatoms. The highest BCUT2D eigenvalue weighted by atomic mass is 16.6. The van der Waals surface area contributed by atoms with Crippen LogP contribution in [0, 0.1) is 0 Å². The molecule has 2 aliphatic rings. The molecule has 1 aliphatic carbocycles. The molecule has 4 aromatic carbocycles. The van der Waals surface area contributed by atoms with E-state index in [9.17, 15) is 10.2 Å². The van der Waals surface area contributed by atoms with Crippen LogP contribution in [0.2, 0.25) is 0 Å². The van der Waals surface area contributed by atoms with Crippen molar-refractivity contribution in [2.24, 2.45) is 0 Å². The van der Waals surface area contributed by atoms with Gasteiger partial charge in [-0.3, -0.25) is 0 Å². The summed E-state index contributed by atoms with van der Waals surface area (Å²) in [4.78, 5) is 0. The summed E-state index contributed by atoms with van der Waals surface area (Å²) in [5.74, 6) is 2.98. The molecule has 0 spiro atoms. The van der Waals surface area contributed by atoms with Gasteiger partial charge in [0.25, 0.3) is 0 Å². The monoisotopic (exact) mass is 878 g/mol. The zero-order chi connectivity index (χ0) is 46.1. The second kappa shape index (κ2) is 25.4. The van der Waals surface area contributed by atoms with E-state index >= 15 is 0 Å². The molecule has 0 aromatic heterocycles. The number of methoxy groups -OCH3 is 4. The highest BCUT2D eigenvalue weighted by molar-refractivity contribution is 5.63. The van der Waals surface area contributed by atoms with Crippen LogP contribution in [0.3, 0.4) is 0 Å². The van der Waals surface area contributed by atoms with Crippen LogP contribution < -0.4 is 28.4 Å². The van der Waals surface area contributed by atoms with E-state index in [1.165, 1.54) is 0 Å². The fourth-order valence-electron chi connectivity index (χ4n) is 8.94. The van der Waals surface area contributed by atoms with Crippen LogP contribution in [0.4, 0.5) is 0 Å². The number of aliphatic hydroxyl groups is 2. The van der Waals surface area contributed by atoms with E-state index in [1.54, 1.807) is 40.6 Å². The highest BCUT2D eigenvalue weighted by Gasteiger charge is 2.33. The van der Waals surface area contributed by atoms with Crippen LogP contribution in [0.15, 0.2) is 48.5 Å². The van der Waals surface area contributed by atoms with Gasteiger partial charge in [0.15, 0.2) is 0 Å². The van der Waals surface area contributed by atoms with E-state index in [0.717, 1.165) is 58.7 Å². The number of hydrogen-bond acceptors (Lipinski definition) is 13. The summed E-state index contributed by atoms with van der Waals surface area (Å²) in [5, 5.41) is 37.6. The van der Waals surface area contributed by atoms with Gasteiger partial charge in [-0.05, 0) is 49.9 Å². The number of aliphatic hydroxyl groups excluding tert-OH is 2. The van der Waals surface area contributed by atoms with Crippen molar-refractivity contribution in [3.63, 3.8) is 0 Å². The molecule has 1 heterocycles. The van der Waals surface area contributed by atoms with Crippen molar-refractivity contribution < 1.29 is 63.1 Å². The van der Waals surface area contributed by atoms with Crippen LogP contribution in [-0.2, 0) is 14.2 Å². The zero-order valence-corrected chi connectivity index (χ0v) is 38.9. The minimum absolute atomic E-state index is 0.114. The fraction of sp³-hybridized carbons (Fsp3) is 0.520. The van der Waals surface area contributed by atoms with E-state index in [1.807, 2.05) is 18.2 Å². The van der Waals surface area contributed by atoms with E-state index < -0.39 is 0 Å². The third kappa shape index (κ3) is 11.4. The van der Waals surface area contributed by atoms with Crippen molar-refractivity contribution in [1.82, 2.24) is 0 Å². The Bertz CT molecular complexity index is 2020. The maximum absolute atomic E-state index is 11.8. The zero-order valence-electron chi connectivity index (χ0n) is 38.9. The van der Waals surface area contributed by atoms with Gasteiger partial charge in [0, 0.05) is 107 Å². The molecular formula is C50H70O13. The topological polar surface area (TPSA) is 164 Å². The van der Waals surface area contributed by atoms with Gasteiger partial charge in [0.2, 0.25) is 0 Å². The van der Waals surface area contributed by atoms with E-state index in [4.69, 9.17) is 52.8 Å². The molecule has 0 unspecified atom stereocenters. The molecule has 0 radical (unpaired) electrons. The second-order valence-corrected chi connectivity index (χ2v) is 14.9. The van der Waals surface area contributed by atoms with E-state index in [2.05, 4.69) is 45.9 Å². The molecular weight excluding hydrogens is 809 g/mol. The van der Waals surface area contributed by atoms with Crippen molar-refractivity contribution in [1.29, 1.82) is 0 Å². The van der Waals surface area contributed by atoms with Crippen molar-refractivity contribution in [3.05, 3.63) is 93.0 Å². The third-order valence-corrected chi connectivity index (χ3v) is 11.8. The van der Waals surface area contributed by atoms with E-state index in [-0.39, 0.29) is 35.2 Å². The summed E-state index contributed by atoms with van der Waals surface area (Å²) in [6, 6.07) is 15.9. The smallest absolute Gasteiger partial charge is 0.126 e. The average Bonchev–Trinajstić information content (AvgIpc) is 3.31. The number of phenolic OH excluding ortho intramolecular Hbond substituents is 2. The van der Waals surface area contributed by atoms with Crippen molar-refractivity contribution >= 4 is 0 Å². The molecule has 63 heavy (non-hydrogen) atoms. The van der Waals surface area contributed by atoms with Crippen LogP contribution in [0.25, 0.3) is 0 Å². The second-order valence-electron chi connectivity index (χ2n) is 14.9. The van der Waals surface area contributed by atoms with Gasteiger partial charge < -0.3 is 63.1 Å². The Kier molecular flexibility index (Phi) is 20.4. The van der Waals surface area contributed by atoms with Crippen molar-refractivity contribution in [3.8, 4) is 46.0 Å². The molecule has 0 saturated heterocycles. The molecule has 6 rings (SSSR count).